The largest absolute Gasteiger partial charge is 0.477 e. The Hall–Kier alpha value is -3.51. The van der Waals surface area contributed by atoms with Gasteiger partial charge in [-0.15, -0.1) is 11.8 Å². The van der Waals surface area contributed by atoms with Crippen molar-refractivity contribution < 1.29 is 19.1 Å². The second-order valence-corrected chi connectivity index (χ2v) is 11.1. The summed E-state index contributed by atoms with van der Waals surface area (Å²) in [7, 11) is 0. The van der Waals surface area contributed by atoms with Gasteiger partial charge in [-0.05, 0) is 56.7 Å². The van der Waals surface area contributed by atoms with Crippen molar-refractivity contribution in [3.05, 3.63) is 51.7 Å². The van der Waals surface area contributed by atoms with Crippen molar-refractivity contribution in [1.29, 1.82) is 0 Å². The van der Waals surface area contributed by atoms with Crippen LogP contribution in [-0.2, 0) is 11.3 Å². The zero-order valence-electron chi connectivity index (χ0n) is 20.5. The number of aromatic nitrogens is 3. The maximum Gasteiger partial charge on any atom is 0.341 e. The second-order valence-electron chi connectivity index (χ2n) is 10.1. The molecule has 0 radical (unpaired) electrons. The maximum atomic E-state index is 15.0. The van der Waals surface area contributed by atoms with Crippen LogP contribution in [0, 0.1) is 5.82 Å². The van der Waals surface area contributed by atoms with E-state index in [-0.39, 0.29) is 34.8 Å². The third-order valence-electron chi connectivity index (χ3n) is 7.30. The Morgan fingerprint density at radius 3 is 2.63 bits per heavy atom. The van der Waals surface area contributed by atoms with Crippen LogP contribution in [0.1, 0.15) is 60.6 Å². The number of nitrogens with one attached hydrogen (secondary N) is 3. The van der Waals surface area contributed by atoms with Crippen molar-refractivity contribution in [2.45, 2.75) is 68.1 Å². The van der Waals surface area contributed by atoms with E-state index in [0.29, 0.717) is 29.8 Å². The Morgan fingerprint density at radius 1 is 1.13 bits per heavy atom. The Labute approximate surface area is 221 Å². The van der Waals surface area contributed by atoms with Gasteiger partial charge in [-0.3, -0.25) is 9.59 Å². The number of carbonyl (C=O) groups excluding carboxylic acids is 1. The Kier molecular flexibility index (Phi) is 6.52. The van der Waals surface area contributed by atoms with Gasteiger partial charge in [-0.25, -0.2) is 19.2 Å². The molecule has 4 N–H and O–H groups in total. The molecule has 198 valence electrons. The van der Waals surface area contributed by atoms with E-state index in [2.05, 4.69) is 25.9 Å². The number of nitrogens with zero attached hydrogens (tertiary/aromatic N) is 3. The number of aromatic carboxylic acids is 1. The predicted octanol–water partition coefficient (Wildman–Crippen LogP) is 3.52. The highest BCUT2D eigenvalue weighted by atomic mass is 32.2. The molecular weight excluding hydrogens is 511 g/mol. The second kappa shape index (κ2) is 9.99. The fourth-order valence-corrected chi connectivity index (χ4v) is 5.87. The minimum absolute atomic E-state index is 0.0123. The number of carboxylic acids is 1. The van der Waals surface area contributed by atoms with Gasteiger partial charge in [-0.1, -0.05) is 0 Å². The lowest BCUT2D eigenvalue weighted by Gasteiger charge is -2.30. The van der Waals surface area contributed by atoms with Gasteiger partial charge >= 0.3 is 5.97 Å². The molecule has 10 nitrogen and oxygen atoms in total. The van der Waals surface area contributed by atoms with Crippen LogP contribution < -0.4 is 21.4 Å². The molecule has 2 aliphatic carbocycles. The molecule has 3 aromatic heterocycles. The van der Waals surface area contributed by atoms with Crippen molar-refractivity contribution >= 4 is 46.3 Å². The number of carbonyl (C=O) groups is 2. The van der Waals surface area contributed by atoms with Crippen LogP contribution in [0.4, 0.5) is 16.0 Å². The standard InChI is InChI=1S/C26H27FN6O4S/c27-19-9-17-22(35)18(26(36)37)11-33(16-6-7-16)25(17)32-23(19)29-14-3-1-13(2-4-14)28-10-15-5-8-20-24(30-15)31-21(34)12-38-20/h5,8-9,11,13-14,16,28H,1-4,6-7,10,12H2,(H,29,32)(H,36,37)(H,30,31,34)/t13-,14-. The van der Waals surface area contributed by atoms with Crippen LogP contribution >= 0.6 is 11.8 Å². The molecule has 12 heteroatoms. The quantitative estimate of drug-likeness (QED) is 0.356. The summed E-state index contributed by atoms with van der Waals surface area (Å²) in [6.45, 7) is 0.592. The first kappa shape index (κ1) is 24.8. The van der Waals surface area contributed by atoms with Gasteiger partial charge in [0.05, 0.1) is 21.7 Å². The Balaban J connectivity index is 1.10. The summed E-state index contributed by atoms with van der Waals surface area (Å²) >= 11 is 1.49. The molecular formula is C26H27FN6O4S. The van der Waals surface area contributed by atoms with E-state index in [9.17, 15) is 23.9 Å². The maximum absolute atomic E-state index is 15.0. The van der Waals surface area contributed by atoms with Crippen molar-refractivity contribution in [1.82, 2.24) is 19.9 Å². The van der Waals surface area contributed by atoms with Gasteiger partial charge < -0.3 is 25.6 Å². The number of halogens is 1. The third kappa shape index (κ3) is 4.97. The highest BCUT2D eigenvalue weighted by molar-refractivity contribution is 8.00. The van der Waals surface area contributed by atoms with E-state index in [4.69, 9.17) is 0 Å². The molecule has 6 rings (SSSR count). The Bertz CT molecular complexity index is 1500. The zero-order chi connectivity index (χ0) is 26.4. The number of hydrogen-bond donors (Lipinski definition) is 4. The fourth-order valence-electron chi connectivity index (χ4n) is 5.12. The first-order chi connectivity index (χ1) is 18.4. The fraction of sp³-hybridized carbons (Fsp3) is 0.423. The van der Waals surface area contributed by atoms with Gasteiger partial charge in [0.15, 0.2) is 11.6 Å². The zero-order valence-corrected chi connectivity index (χ0v) is 21.3. The predicted molar refractivity (Wildman–Crippen MR) is 141 cm³/mol. The van der Waals surface area contributed by atoms with Crippen LogP contribution in [0.2, 0.25) is 0 Å². The van der Waals surface area contributed by atoms with E-state index < -0.39 is 17.2 Å². The summed E-state index contributed by atoms with van der Waals surface area (Å²) in [5, 5.41) is 19.0. The number of rotatable bonds is 7. The molecule has 0 unspecified atom stereocenters. The number of carboxylic acid groups (broad SMARTS) is 1. The third-order valence-corrected chi connectivity index (χ3v) is 8.35. The molecule has 0 spiro atoms. The van der Waals surface area contributed by atoms with Crippen LogP contribution in [-0.4, -0.2) is 49.4 Å². The van der Waals surface area contributed by atoms with Crippen LogP contribution in [0.5, 0.6) is 0 Å². The van der Waals surface area contributed by atoms with Crippen LogP contribution in [0.3, 0.4) is 0 Å². The van der Waals surface area contributed by atoms with Gasteiger partial charge in [0.25, 0.3) is 0 Å². The first-order valence-corrected chi connectivity index (χ1v) is 13.8. The number of amides is 1. The summed E-state index contributed by atoms with van der Waals surface area (Å²) in [5.74, 6) is -0.910. The van der Waals surface area contributed by atoms with Crippen molar-refractivity contribution in [3.63, 3.8) is 0 Å². The summed E-state index contributed by atoms with van der Waals surface area (Å²) in [6, 6.07) is 5.46. The van der Waals surface area contributed by atoms with E-state index in [1.165, 1.54) is 18.0 Å². The topological polar surface area (TPSA) is 138 Å². The summed E-state index contributed by atoms with van der Waals surface area (Å²) in [6.07, 6.45) is 6.47. The molecule has 0 saturated heterocycles. The lowest BCUT2D eigenvalue weighted by atomic mass is 9.91. The summed E-state index contributed by atoms with van der Waals surface area (Å²) in [4.78, 5) is 45.8. The average Bonchev–Trinajstić information content (AvgIpc) is 3.74. The molecule has 0 atom stereocenters. The van der Waals surface area contributed by atoms with Crippen LogP contribution in [0.15, 0.2) is 34.1 Å². The molecule has 4 heterocycles. The van der Waals surface area contributed by atoms with Gasteiger partial charge in [0.1, 0.15) is 17.0 Å². The minimum atomic E-state index is -1.33. The van der Waals surface area contributed by atoms with E-state index >= 15 is 0 Å². The number of pyridine rings is 3. The molecule has 1 amide bonds. The van der Waals surface area contributed by atoms with Gasteiger partial charge in [0.2, 0.25) is 11.3 Å². The minimum Gasteiger partial charge on any atom is -0.477 e. The summed E-state index contributed by atoms with van der Waals surface area (Å²) < 4.78 is 16.7. The van der Waals surface area contributed by atoms with Gasteiger partial charge in [-0.2, -0.15) is 0 Å². The molecule has 2 fully saturated rings. The molecule has 0 bridgehead atoms. The number of thioether (sulfide) groups is 1. The van der Waals surface area contributed by atoms with E-state index in [1.807, 2.05) is 12.1 Å². The lowest BCUT2D eigenvalue weighted by molar-refractivity contribution is -0.113. The number of anilines is 2. The summed E-state index contributed by atoms with van der Waals surface area (Å²) in [5.41, 5.74) is 0.0886. The van der Waals surface area contributed by atoms with Crippen molar-refractivity contribution in [3.8, 4) is 0 Å². The first-order valence-electron chi connectivity index (χ1n) is 12.8. The normalized spacial score (nSPS) is 21.1. The SMILES string of the molecule is O=C1CSc2ccc(CN[C@H]3CC[C@H](Nc4nc5c(cc4F)c(=O)c(C(=O)O)cn5C4CC4)CC3)nc2N1. The van der Waals surface area contributed by atoms with Crippen molar-refractivity contribution in [2.24, 2.45) is 0 Å². The molecule has 38 heavy (non-hydrogen) atoms. The molecule has 0 aromatic carbocycles. The Morgan fingerprint density at radius 2 is 1.89 bits per heavy atom. The van der Waals surface area contributed by atoms with E-state index in [1.54, 1.807) is 4.57 Å². The molecule has 2 saturated carbocycles. The highest BCUT2D eigenvalue weighted by Gasteiger charge is 2.29. The molecule has 3 aliphatic rings. The average molecular weight is 539 g/mol. The van der Waals surface area contributed by atoms with E-state index in [0.717, 1.165) is 55.2 Å². The molecule has 3 aromatic rings. The van der Waals surface area contributed by atoms with Crippen molar-refractivity contribution in [2.75, 3.05) is 16.4 Å². The lowest BCUT2D eigenvalue weighted by Crippen LogP contribution is -2.37. The monoisotopic (exact) mass is 538 g/mol. The number of fused-ring (bicyclic) bond motifs is 2. The van der Waals surface area contributed by atoms with Gasteiger partial charge in [0, 0.05) is 30.9 Å². The van der Waals surface area contributed by atoms with Crippen LogP contribution in [0.25, 0.3) is 11.0 Å². The molecule has 1 aliphatic heterocycles. The highest BCUT2D eigenvalue weighted by Crippen LogP contribution is 2.37. The smallest absolute Gasteiger partial charge is 0.341 e. The number of hydrogen-bond acceptors (Lipinski definition) is 8.